The molecule has 0 bridgehead atoms. The van der Waals surface area contributed by atoms with E-state index in [4.69, 9.17) is 9.47 Å². The standard InChI is InChI=1S/C23H24N4O4/c1-14-9-15(2)11-18(10-14)31-22-24-20-19(21(28)26(22)4)27(23(29)25(20)3)13-16-7-6-8-17(12-16)30-5/h6-12H,13H2,1-5H3. The molecule has 0 amide bonds. The average molecular weight is 420 g/mol. The number of imidazole rings is 1. The van der Waals surface area contributed by atoms with Crippen LogP contribution >= 0.6 is 0 Å². The summed E-state index contributed by atoms with van der Waals surface area (Å²) in [5, 5.41) is 0. The Kier molecular flexibility index (Phi) is 5.14. The first-order chi connectivity index (χ1) is 14.8. The Balaban J connectivity index is 1.84. The summed E-state index contributed by atoms with van der Waals surface area (Å²) in [6, 6.07) is 13.3. The highest BCUT2D eigenvalue weighted by Crippen LogP contribution is 2.23. The quantitative estimate of drug-likeness (QED) is 0.496. The van der Waals surface area contributed by atoms with E-state index in [-0.39, 0.29) is 35.0 Å². The minimum atomic E-state index is -0.357. The molecule has 8 nitrogen and oxygen atoms in total. The molecule has 0 radical (unpaired) electrons. The van der Waals surface area contributed by atoms with E-state index in [2.05, 4.69) is 4.98 Å². The molecule has 0 aliphatic carbocycles. The Labute approximate surface area is 178 Å². The van der Waals surface area contributed by atoms with Crippen molar-refractivity contribution in [3.63, 3.8) is 0 Å². The lowest BCUT2D eigenvalue weighted by Crippen LogP contribution is -2.26. The van der Waals surface area contributed by atoms with E-state index in [0.717, 1.165) is 16.7 Å². The van der Waals surface area contributed by atoms with Gasteiger partial charge in [0, 0.05) is 14.1 Å². The highest BCUT2D eigenvalue weighted by atomic mass is 16.5. The van der Waals surface area contributed by atoms with E-state index in [0.29, 0.717) is 11.5 Å². The minimum Gasteiger partial charge on any atom is -0.497 e. The number of hydrogen-bond acceptors (Lipinski definition) is 5. The van der Waals surface area contributed by atoms with Gasteiger partial charge in [0.2, 0.25) is 0 Å². The first-order valence-corrected chi connectivity index (χ1v) is 9.84. The molecule has 2 heterocycles. The lowest BCUT2D eigenvalue weighted by molar-refractivity contribution is 0.414. The number of methoxy groups -OCH3 is 1. The summed E-state index contributed by atoms with van der Waals surface area (Å²) in [7, 11) is 4.76. The Hall–Kier alpha value is -3.81. The number of aromatic nitrogens is 4. The number of benzene rings is 2. The number of aryl methyl sites for hydroxylation is 3. The van der Waals surface area contributed by atoms with Crippen LogP contribution in [-0.2, 0) is 20.6 Å². The lowest BCUT2D eigenvalue weighted by Gasteiger charge is -2.11. The van der Waals surface area contributed by atoms with Crippen molar-refractivity contribution in [3.05, 3.63) is 80.0 Å². The normalized spacial score (nSPS) is 11.1. The molecular formula is C23H24N4O4. The zero-order chi connectivity index (χ0) is 22.3. The number of nitrogens with zero attached hydrogens (tertiary/aromatic N) is 4. The van der Waals surface area contributed by atoms with Gasteiger partial charge in [-0.25, -0.2) is 4.79 Å². The van der Waals surface area contributed by atoms with E-state index >= 15 is 0 Å². The molecule has 0 saturated carbocycles. The summed E-state index contributed by atoms with van der Waals surface area (Å²) < 4.78 is 15.3. The van der Waals surface area contributed by atoms with Gasteiger partial charge in [0.05, 0.1) is 13.7 Å². The molecule has 0 fully saturated rings. The zero-order valence-electron chi connectivity index (χ0n) is 18.2. The van der Waals surface area contributed by atoms with Crippen molar-refractivity contribution in [1.82, 2.24) is 18.7 Å². The van der Waals surface area contributed by atoms with Gasteiger partial charge in [-0.05, 0) is 54.8 Å². The van der Waals surface area contributed by atoms with Gasteiger partial charge < -0.3 is 9.47 Å². The third-order valence-corrected chi connectivity index (χ3v) is 5.19. The van der Waals surface area contributed by atoms with Crippen LogP contribution in [0.3, 0.4) is 0 Å². The number of ether oxygens (including phenoxy) is 2. The number of rotatable bonds is 5. The summed E-state index contributed by atoms with van der Waals surface area (Å²) in [4.78, 5) is 30.7. The summed E-state index contributed by atoms with van der Waals surface area (Å²) in [5.41, 5.74) is 2.74. The predicted octanol–water partition coefficient (Wildman–Crippen LogP) is 2.90. The van der Waals surface area contributed by atoms with Gasteiger partial charge in [-0.1, -0.05) is 18.2 Å². The zero-order valence-corrected chi connectivity index (χ0v) is 18.2. The van der Waals surface area contributed by atoms with Gasteiger partial charge in [0.15, 0.2) is 11.2 Å². The van der Waals surface area contributed by atoms with Crippen molar-refractivity contribution in [2.75, 3.05) is 7.11 Å². The summed E-state index contributed by atoms with van der Waals surface area (Å²) >= 11 is 0. The minimum absolute atomic E-state index is 0.122. The van der Waals surface area contributed by atoms with Crippen LogP contribution < -0.4 is 20.7 Å². The SMILES string of the molecule is COc1cccc(Cn2c(=O)n(C)c3nc(Oc4cc(C)cc(C)c4)n(C)c(=O)c32)c1. The van der Waals surface area contributed by atoms with E-state index in [1.165, 1.54) is 13.7 Å². The van der Waals surface area contributed by atoms with Crippen molar-refractivity contribution in [2.24, 2.45) is 14.1 Å². The molecule has 0 N–H and O–H groups in total. The van der Waals surface area contributed by atoms with Crippen LogP contribution in [0.5, 0.6) is 17.5 Å². The van der Waals surface area contributed by atoms with Crippen LogP contribution in [0.4, 0.5) is 0 Å². The van der Waals surface area contributed by atoms with Gasteiger partial charge in [-0.2, -0.15) is 4.98 Å². The summed E-state index contributed by atoms with van der Waals surface area (Å²) in [6.45, 7) is 4.16. The van der Waals surface area contributed by atoms with Gasteiger partial charge in [-0.15, -0.1) is 0 Å². The van der Waals surface area contributed by atoms with Crippen LogP contribution in [0.15, 0.2) is 52.1 Å². The Morgan fingerprint density at radius 1 is 0.935 bits per heavy atom. The largest absolute Gasteiger partial charge is 0.497 e. The molecule has 2 aromatic carbocycles. The van der Waals surface area contributed by atoms with Crippen LogP contribution in [0.25, 0.3) is 11.2 Å². The van der Waals surface area contributed by atoms with Crippen LogP contribution in [0.2, 0.25) is 0 Å². The molecule has 160 valence electrons. The smallest absolute Gasteiger partial charge is 0.330 e. The first kappa shape index (κ1) is 20.5. The van der Waals surface area contributed by atoms with Crippen molar-refractivity contribution in [1.29, 1.82) is 0 Å². The van der Waals surface area contributed by atoms with Crippen LogP contribution in [0.1, 0.15) is 16.7 Å². The molecule has 2 aromatic heterocycles. The maximum absolute atomic E-state index is 13.2. The third-order valence-electron chi connectivity index (χ3n) is 5.19. The maximum atomic E-state index is 13.2. The first-order valence-electron chi connectivity index (χ1n) is 9.84. The second kappa shape index (κ2) is 7.79. The molecule has 4 aromatic rings. The van der Waals surface area contributed by atoms with Crippen molar-refractivity contribution >= 4 is 11.2 Å². The monoisotopic (exact) mass is 420 g/mol. The molecule has 0 aliphatic heterocycles. The second-order valence-corrected chi connectivity index (χ2v) is 7.64. The van der Waals surface area contributed by atoms with Gasteiger partial charge in [-0.3, -0.25) is 18.5 Å². The fourth-order valence-corrected chi connectivity index (χ4v) is 3.69. The van der Waals surface area contributed by atoms with Crippen LogP contribution in [0, 0.1) is 13.8 Å². The highest BCUT2D eigenvalue weighted by Gasteiger charge is 2.20. The molecule has 0 unspecified atom stereocenters. The van der Waals surface area contributed by atoms with E-state index in [1.54, 1.807) is 21.2 Å². The lowest BCUT2D eigenvalue weighted by atomic mass is 10.1. The van der Waals surface area contributed by atoms with E-state index < -0.39 is 0 Å². The van der Waals surface area contributed by atoms with Crippen molar-refractivity contribution in [3.8, 4) is 17.5 Å². The maximum Gasteiger partial charge on any atom is 0.330 e. The molecule has 0 aliphatic rings. The van der Waals surface area contributed by atoms with Crippen LogP contribution in [-0.4, -0.2) is 25.8 Å². The molecule has 0 spiro atoms. The fourth-order valence-electron chi connectivity index (χ4n) is 3.69. The Bertz CT molecular complexity index is 1390. The molecule has 4 rings (SSSR count). The average Bonchev–Trinajstić information content (AvgIpc) is 2.96. The Morgan fingerprint density at radius 3 is 2.32 bits per heavy atom. The highest BCUT2D eigenvalue weighted by molar-refractivity contribution is 5.71. The molecule has 31 heavy (non-hydrogen) atoms. The van der Waals surface area contributed by atoms with Gasteiger partial charge >= 0.3 is 11.7 Å². The number of hydrogen-bond donors (Lipinski definition) is 0. The summed E-state index contributed by atoms with van der Waals surface area (Å²) in [6.07, 6.45) is 0. The van der Waals surface area contributed by atoms with Gasteiger partial charge in [0.25, 0.3) is 5.56 Å². The van der Waals surface area contributed by atoms with Crippen molar-refractivity contribution in [2.45, 2.75) is 20.4 Å². The Morgan fingerprint density at radius 2 is 1.65 bits per heavy atom. The molecule has 0 atom stereocenters. The predicted molar refractivity (Wildman–Crippen MR) is 118 cm³/mol. The third kappa shape index (κ3) is 3.72. The summed E-state index contributed by atoms with van der Waals surface area (Å²) in [5.74, 6) is 1.26. The molecular weight excluding hydrogens is 396 g/mol. The second-order valence-electron chi connectivity index (χ2n) is 7.64. The topological polar surface area (TPSA) is 80.3 Å². The van der Waals surface area contributed by atoms with E-state index in [1.807, 2.05) is 56.3 Å². The molecule has 0 saturated heterocycles. The van der Waals surface area contributed by atoms with E-state index in [9.17, 15) is 9.59 Å². The fraction of sp³-hybridized carbons (Fsp3) is 0.261. The number of fused-ring (bicyclic) bond motifs is 1. The van der Waals surface area contributed by atoms with Gasteiger partial charge in [0.1, 0.15) is 11.5 Å². The molecule has 8 heteroatoms. The van der Waals surface area contributed by atoms with Crippen molar-refractivity contribution < 1.29 is 9.47 Å².